The van der Waals surface area contributed by atoms with Crippen LogP contribution in [-0.2, 0) is 7.05 Å². The van der Waals surface area contributed by atoms with E-state index in [0.717, 1.165) is 0 Å². The molecule has 0 bridgehead atoms. The summed E-state index contributed by atoms with van der Waals surface area (Å²) >= 11 is 0. The molecule has 1 unspecified atom stereocenters. The fraction of sp³-hybridized carbons (Fsp3) is 0.750. The minimum atomic E-state index is -0.402. The van der Waals surface area contributed by atoms with Gasteiger partial charge in [-0.3, -0.25) is 10.1 Å². The van der Waals surface area contributed by atoms with Crippen LogP contribution in [0.1, 0.15) is 45.2 Å². The van der Waals surface area contributed by atoms with E-state index >= 15 is 0 Å². The number of anilines is 1. The van der Waals surface area contributed by atoms with Gasteiger partial charge in [0.15, 0.2) is 0 Å². The molecule has 1 rings (SSSR count). The molecule has 0 aliphatic carbocycles. The van der Waals surface area contributed by atoms with Crippen molar-refractivity contribution in [2.45, 2.75) is 45.6 Å². The fourth-order valence-corrected chi connectivity index (χ4v) is 1.86. The van der Waals surface area contributed by atoms with E-state index in [1.807, 2.05) is 20.8 Å². The number of aromatic nitrogens is 2. The molecule has 0 fully saturated rings. The van der Waals surface area contributed by atoms with Crippen molar-refractivity contribution < 1.29 is 10.0 Å². The standard InChI is InChI=1S/C12H22N4O3/c1-5-9(17)6-7-13-12-11(16(18)19)10(8(2)3)14-15(12)4/h8-9,13,17H,5-7H2,1-4H3. The Hall–Kier alpha value is -1.63. The van der Waals surface area contributed by atoms with Crippen molar-refractivity contribution in [1.29, 1.82) is 0 Å². The summed E-state index contributed by atoms with van der Waals surface area (Å²) < 4.78 is 1.49. The van der Waals surface area contributed by atoms with Crippen molar-refractivity contribution in [3.05, 3.63) is 15.8 Å². The lowest BCUT2D eigenvalue weighted by Crippen LogP contribution is -2.14. The molecule has 0 spiro atoms. The Kier molecular flexibility index (Phi) is 5.29. The lowest BCUT2D eigenvalue weighted by atomic mass is 10.1. The lowest BCUT2D eigenvalue weighted by molar-refractivity contribution is -0.384. The normalized spacial score (nSPS) is 12.7. The van der Waals surface area contributed by atoms with E-state index in [2.05, 4.69) is 10.4 Å². The summed E-state index contributed by atoms with van der Waals surface area (Å²) in [6, 6.07) is 0. The number of aliphatic hydroxyl groups excluding tert-OH is 1. The van der Waals surface area contributed by atoms with E-state index in [-0.39, 0.29) is 17.7 Å². The molecule has 0 aliphatic heterocycles. The molecule has 1 heterocycles. The van der Waals surface area contributed by atoms with Gasteiger partial charge >= 0.3 is 5.69 Å². The first kappa shape index (κ1) is 15.4. The summed E-state index contributed by atoms with van der Waals surface area (Å²) in [5.74, 6) is 0.389. The van der Waals surface area contributed by atoms with E-state index in [1.54, 1.807) is 7.05 Å². The Labute approximate surface area is 112 Å². The highest BCUT2D eigenvalue weighted by atomic mass is 16.6. The second-order valence-electron chi connectivity index (χ2n) is 4.90. The van der Waals surface area contributed by atoms with Crippen LogP contribution < -0.4 is 5.32 Å². The zero-order valence-electron chi connectivity index (χ0n) is 11.9. The van der Waals surface area contributed by atoms with Gasteiger partial charge in [0.1, 0.15) is 5.69 Å². The minimum absolute atomic E-state index is 0.0108. The maximum Gasteiger partial charge on any atom is 0.334 e. The van der Waals surface area contributed by atoms with Crippen molar-refractivity contribution in [3.8, 4) is 0 Å². The summed E-state index contributed by atoms with van der Waals surface area (Å²) in [6.07, 6.45) is 0.840. The molecule has 7 heteroatoms. The van der Waals surface area contributed by atoms with Gasteiger partial charge in [0, 0.05) is 19.5 Å². The highest BCUT2D eigenvalue weighted by molar-refractivity contribution is 5.60. The third-order valence-electron chi connectivity index (χ3n) is 3.02. The molecule has 0 aliphatic rings. The van der Waals surface area contributed by atoms with Crippen LogP contribution in [0, 0.1) is 10.1 Å². The number of nitrogens with zero attached hydrogens (tertiary/aromatic N) is 3. The molecule has 1 atom stereocenters. The molecular formula is C12H22N4O3. The minimum Gasteiger partial charge on any atom is -0.393 e. The van der Waals surface area contributed by atoms with Crippen molar-refractivity contribution in [2.75, 3.05) is 11.9 Å². The average Bonchev–Trinajstić information content (AvgIpc) is 2.67. The number of rotatable bonds is 7. The Balaban J connectivity index is 2.90. The zero-order chi connectivity index (χ0) is 14.6. The van der Waals surface area contributed by atoms with Gasteiger partial charge in [0.25, 0.3) is 0 Å². The number of aliphatic hydroxyl groups is 1. The molecule has 0 aromatic carbocycles. The van der Waals surface area contributed by atoms with Gasteiger partial charge in [-0.1, -0.05) is 20.8 Å². The lowest BCUT2D eigenvalue weighted by Gasteiger charge is -2.09. The van der Waals surface area contributed by atoms with Crippen molar-refractivity contribution in [1.82, 2.24) is 9.78 Å². The first-order valence-corrected chi connectivity index (χ1v) is 6.51. The van der Waals surface area contributed by atoms with Gasteiger partial charge < -0.3 is 10.4 Å². The Morgan fingerprint density at radius 1 is 1.53 bits per heavy atom. The number of aryl methyl sites for hydroxylation is 1. The van der Waals surface area contributed by atoms with Crippen LogP contribution in [-0.4, -0.2) is 32.5 Å². The quantitative estimate of drug-likeness (QED) is 0.584. The molecule has 0 radical (unpaired) electrons. The second kappa shape index (κ2) is 6.51. The molecule has 0 amide bonds. The predicted molar refractivity (Wildman–Crippen MR) is 73.4 cm³/mol. The van der Waals surface area contributed by atoms with Crippen molar-refractivity contribution in [3.63, 3.8) is 0 Å². The summed E-state index contributed by atoms with van der Waals surface area (Å²) in [5.41, 5.74) is 0.509. The monoisotopic (exact) mass is 270 g/mol. The van der Waals surface area contributed by atoms with E-state index in [9.17, 15) is 15.2 Å². The second-order valence-corrected chi connectivity index (χ2v) is 4.90. The van der Waals surface area contributed by atoms with Gasteiger partial charge in [0.2, 0.25) is 5.82 Å². The Morgan fingerprint density at radius 3 is 2.63 bits per heavy atom. The molecule has 108 valence electrons. The molecule has 19 heavy (non-hydrogen) atoms. The van der Waals surface area contributed by atoms with Crippen molar-refractivity contribution in [2.24, 2.45) is 7.05 Å². The topological polar surface area (TPSA) is 93.2 Å². The molecule has 2 N–H and O–H groups in total. The number of nitro groups is 1. The summed E-state index contributed by atoms with van der Waals surface area (Å²) in [6.45, 7) is 6.13. The smallest absolute Gasteiger partial charge is 0.334 e. The summed E-state index contributed by atoms with van der Waals surface area (Å²) in [7, 11) is 1.68. The fourth-order valence-electron chi connectivity index (χ4n) is 1.86. The van der Waals surface area contributed by atoms with Crippen LogP contribution in [0.4, 0.5) is 11.5 Å². The maximum absolute atomic E-state index is 11.2. The number of hydrogen-bond donors (Lipinski definition) is 2. The average molecular weight is 270 g/mol. The van der Waals surface area contributed by atoms with E-state index in [1.165, 1.54) is 4.68 Å². The van der Waals surface area contributed by atoms with Crippen LogP contribution >= 0.6 is 0 Å². The SMILES string of the molecule is CCC(O)CCNc1c([N+](=O)[O-])c(C(C)C)nn1C. The van der Waals surface area contributed by atoms with Gasteiger partial charge in [-0.15, -0.1) is 0 Å². The first-order chi connectivity index (χ1) is 8.88. The third-order valence-corrected chi connectivity index (χ3v) is 3.02. The molecule has 1 aromatic rings. The van der Waals surface area contributed by atoms with Crippen LogP contribution in [0.2, 0.25) is 0 Å². The van der Waals surface area contributed by atoms with E-state index in [4.69, 9.17) is 0 Å². The van der Waals surface area contributed by atoms with Gasteiger partial charge in [-0.2, -0.15) is 5.10 Å². The van der Waals surface area contributed by atoms with Crippen LogP contribution in [0.3, 0.4) is 0 Å². The number of hydrogen-bond acceptors (Lipinski definition) is 5. The summed E-state index contributed by atoms with van der Waals surface area (Å²) in [4.78, 5) is 10.8. The van der Waals surface area contributed by atoms with Crippen molar-refractivity contribution >= 4 is 11.5 Å². The first-order valence-electron chi connectivity index (χ1n) is 6.51. The summed E-state index contributed by atoms with van der Waals surface area (Å²) in [5, 5.41) is 27.9. The van der Waals surface area contributed by atoms with Gasteiger partial charge in [-0.05, 0) is 12.8 Å². The van der Waals surface area contributed by atoms with Crippen LogP contribution in [0.15, 0.2) is 0 Å². The Bertz CT molecular complexity index is 442. The molecule has 7 nitrogen and oxygen atoms in total. The predicted octanol–water partition coefficient (Wildman–Crippen LogP) is 2.02. The zero-order valence-corrected chi connectivity index (χ0v) is 11.9. The molecule has 0 saturated carbocycles. The van der Waals surface area contributed by atoms with Crippen LogP contribution in [0.25, 0.3) is 0 Å². The molecular weight excluding hydrogens is 248 g/mol. The third kappa shape index (κ3) is 3.66. The van der Waals surface area contributed by atoms with Gasteiger partial charge in [-0.25, -0.2) is 4.68 Å². The molecule has 0 saturated heterocycles. The van der Waals surface area contributed by atoms with Crippen LogP contribution in [0.5, 0.6) is 0 Å². The van der Waals surface area contributed by atoms with Gasteiger partial charge in [0.05, 0.1) is 11.0 Å². The Morgan fingerprint density at radius 2 is 2.16 bits per heavy atom. The highest BCUT2D eigenvalue weighted by Gasteiger charge is 2.28. The molecule has 1 aromatic heterocycles. The maximum atomic E-state index is 11.2. The van der Waals surface area contributed by atoms with E-state index in [0.29, 0.717) is 30.9 Å². The largest absolute Gasteiger partial charge is 0.393 e. The number of nitrogens with one attached hydrogen (secondary N) is 1. The van der Waals surface area contributed by atoms with E-state index < -0.39 is 4.92 Å². The highest BCUT2D eigenvalue weighted by Crippen LogP contribution is 2.32.